The van der Waals surface area contributed by atoms with Gasteiger partial charge in [-0.25, -0.2) is 4.39 Å². The first-order valence-electron chi connectivity index (χ1n) is 14.2. The third-order valence-corrected chi connectivity index (χ3v) is 7.33. The van der Waals surface area contributed by atoms with Gasteiger partial charge in [0.2, 0.25) is 0 Å². The molecule has 0 bridgehead atoms. The Bertz CT molecular complexity index is 1190. The zero-order valence-electron chi connectivity index (χ0n) is 25.2. The lowest BCUT2D eigenvalue weighted by Gasteiger charge is -2.38. The molecule has 0 saturated heterocycles. The minimum Gasteiger partial charge on any atom is -0.388 e. The number of aliphatic hydroxyl groups is 2. The number of alkyl halides is 3. The van der Waals surface area contributed by atoms with Gasteiger partial charge in [0.25, 0.3) is 0 Å². The summed E-state index contributed by atoms with van der Waals surface area (Å²) in [7, 11) is 0. The van der Waals surface area contributed by atoms with Crippen LogP contribution in [0.1, 0.15) is 125 Å². The van der Waals surface area contributed by atoms with Crippen LogP contribution in [0.25, 0.3) is 5.57 Å². The molecular formula is C32H45F4NO3S. The molecule has 2 N–H and O–H groups in total. The maximum Gasteiger partial charge on any atom is 0.416 e. The molecule has 2 aromatic rings. The lowest BCUT2D eigenvalue weighted by atomic mass is 9.71. The van der Waals surface area contributed by atoms with E-state index in [-0.39, 0.29) is 16.9 Å². The molecule has 1 aliphatic carbocycles. The summed E-state index contributed by atoms with van der Waals surface area (Å²) in [5.41, 5.74) is 2.15. The second-order valence-corrected chi connectivity index (χ2v) is 11.6. The number of thiol groups is 1. The highest BCUT2D eigenvalue weighted by molar-refractivity contribution is 7.79. The number of hydrogen-bond donors (Lipinski definition) is 3. The van der Waals surface area contributed by atoms with Gasteiger partial charge < -0.3 is 14.9 Å². The largest absolute Gasteiger partial charge is 0.416 e. The first kappa shape index (κ1) is 35.3. The molecule has 1 aromatic carbocycles. The van der Waals surface area contributed by atoms with Gasteiger partial charge in [0.05, 0.1) is 24.9 Å². The second kappa shape index (κ2) is 15.0. The molecular weight excluding hydrogens is 554 g/mol. The summed E-state index contributed by atoms with van der Waals surface area (Å²) in [6.07, 6.45) is 0.757. The number of unbranched alkanes of at least 4 members (excludes halogenated alkanes) is 1. The predicted octanol–water partition coefficient (Wildman–Crippen LogP) is 8.61. The number of ether oxygens (including phenoxy) is 1. The van der Waals surface area contributed by atoms with Crippen molar-refractivity contribution in [1.82, 2.24) is 4.98 Å². The Balaban J connectivity index is 0.000000902. The van der Waals surface area contributed by atoms with Crippen molar-refractivity contribution in [3.8, 4) is 0 Å². The fraction of sp³-hybridized carbons (Fsp3) is 0.594. The van der Waals surface area contributed by atoms with Crippen LogP contribution in [0.3, 0.4) is 0 Å². The molecule has 230 valence electrons. The van der Waals surface area contributed by atoms with Gasteiger partial charge in [-0.2, -0.15) is 25.8 Å². The summed E-state index contributed by atoms with van der Waals surface area (Å²) < 4.78 is 59.8. The highest BCUT2D eigenvalue weighted by atomic mass is 32.1. The number of hydrogen-bond acceptors (Lipinski definition) is 5. The lowest BCUT2D eigenvalue weighted by Crippen LogP contribution is -2.30. The Kier molecular flexibility index (Phi) is 12.9. The number of aliphatic hydroxyl groups excluding tert-OH is 2. The highest BCUT2D eigenvalue weighted by Crippen LogP contribution is 2.48. The SMILES string of the molecule is CC(C)c1nc2c(c(C3=CCOCC3)c1[C@@H](O)c1ccc(C(F)(F)F)cc1F)C(O)CC(C)(C)C2.CCCC.CS. The van der Waals surface area contributed by atoms with Gasteiger partial charge in [0.1, 0.15) is 11.9 Å². The van der Waals surface area contributed by atoms with Crippen LogP contribution >= 0.6 is 12.6 Å². The zero-order chi connectivity index (χ0) is 31.1. The minimum atomic E-state index is -4.70. The topological polar surface area (TPSA) is 62.6 Å². The Morgan fingerprint density at radius 2 is 1.78 bits per heavy atom. The normalized spacial score (nSPS) is 18.8. The quantitative estimate of drug-likeness (QED) is 0.238. The molecule has 41 heavy (non-hydrogen) atoms. The van der Waals surface area contributed by atoms with E-state index in [0.717, 1.165) is 23.4 Å². The van der Waals surface area contributed by atoms with Gasteiger partial charge in [-0.1, -0.05) is 66.5 Å². The summed E-state index contributed by atoms with van der Waals surface area (Å²) in [6, 6.07) is 2.16. The van der Waals surface area contributed by atoms with E-state index in [1.165, 1.54) is 12.8 Å². The van der Waals surface area contributed by atoms with Gasteiger partial charge in [-0.15, -0.1) is 0 Å². The van der Waals surface area contributed by atoms with E-state index in [1.54, 1.807) is 6.26 Å². The van der Waals surface area contributed by atoms with E-state index in [9.17, 15) is 27.8 Å². The lowest BCUT2D eigenvalue weighted by molar-refractivity contribution is -0.137. The van der Waals surface area contributed by atoms with Crippen molar-refractivity contribution in [3.05, 3.63) is 69.3 Å². The third kappa shape index (κ3) is 8.55. The summed E-state index contributed by atoms with van der Waals surface area (Å²) >= 11 is 3.53. The Labute approximate surface area is 247 Å². The van der Waals surface area contributed by atoms with E-state index in [0.29, 0.717) is 60.9 Å². The van der Waals surface area contributed by atoms with E-state index < -0.39 is 29.8 Å². The molecule has 1 unspecified atom stereocenters. The average Bonchev–Trinajstić information content (AvgIpc) is 2.92. The standard InChI is InChI=1S/C27H31F4NO3.C4H10.CH4S/c1-14(2)24-23(25(34)17-6-5-16(11-18(17)28)27(29,30)31)21(15-7-9-35-10-8-15)22-19(32-24)12-26(3,4)13-20(22)33;1-3-4-2;1-2/h5-7,11,14,20,25,33-34H,8-10,12-13H2,1-4H3;3-4H2,1-2H3;2H,1H3/t20?,25-;;/m0../s1. The Morgan fingerprint density at radius 1 is 1.15 bits per heavy atom. The van der Waals surface area contributed by atoms with Crippen molar-refractivity contribution >= 4 is 18.2 Å². The van der Waals surface area contributed by atoms with Crippen LogP contribution in [0.4, 0.5) is 17.6 Å². The number of pyridine rings is 1. The molecule has 0 saturated carbocycles. The zero-order valence-corrected chi connectivity index (χ0v) is 26.1. The van der Waals surface area contributed by atoms with Crippen LogP contribution in [0, 0.1) is 11.2 Å². The second-order valence-electron chi connectivity index (χ2n) is 11.6. The smallest absolute Gasteiger partial charge is 0.388 e. The van der Waals surface area contributed by atoms with E-state index in [4.69, 9.17) is 9.72 Å². The summed E-state index contributed by atoms with van der Waals surface area (Å²) in [4.78, 5) is 4.87. The average molecular weight is 600 g/mol. The number of nitrogens with zero attached hydrogens (tertiary/aromatic N) is 1. The van der Waals surface area contributed by atoms with Crippen molar-refractivity contribution in [2.24, 2.45) is 5.41 Å². The summed E-state index contributed by atoms with van der Waals surface area (Å²) in [5.74, 6) is -1.31. The van der Waals surface area contributed by atoms with Crippen molar-refractivity contribution in [2.75, 3.05) is 19.5 Å². The summed E-state index contributed by atoms with van der Waals surface area (Å²) in [5, 5.41) is 22.7. The minimum absolute atomic E-state index is 0.163. The van der Waals surface area contributed by atoms with Crippen molar-refractivity contribution in [2.45, 2.75) is 97.9 Å². The molecule has 2 heterocycles. The fourth-order valence-corrected chi connectivity index (χ4v) is 5.23. The molecule has 0 amide bonds. The predicted molar refractivity (Wildman–Crippen MR) is 160 cm³/mol. The Hall–Kier alpha value is -1.94. The number of benzene rings is 1. The number of aromatic nitrogens is 1. The van der Waals surface area contributed by atoms with Crippen LogP contribution in [0.5, 0.6) is 0 Å². The molecule has 9 heteroatoms. The van der Waals surface area contributed by atoms with E-state index >= 15 is 0 Å². The van der Waals surface area contributed by atoms with E-state index in [1.807, 2.05) is 19.9 Å². The number of rotatable bonds is 5. The molecule has 0 fully saturated rings. The van der Waals surface area contributed by atoms with Gasteiger partial charge in [0.15, 0.2) is 0 Å². The molecule has 1 aliphatic heterocycles. The van der Waals surface area contributed by atoms with Crippen LogP contribution < -0.4 is 0 Å². The molecule has 1 aromatic heterocycles. The third-order valence-electron chi connectivity index (χ3n) is 7.33. The first-order valence-corrected chi connectivity index (χ1v) is 15.1. The van der Waals surface area contributed by atoms with Gasteiger partial charge in [0, 0.05) is 28.1 Å². The maximum absolute atomic E-state index is 15.0. The highest BCUT2D eigenvalue weighted by Gasteiger charge is 2.39. The molecule has 2 atom stereocenters. The van der Waals surface area contributed by atoms with Crippen LogP contribution in [-0.4, -0.2) is 34.7 Å². The van der Waals surface area contributed by atoms with Crippen molar-refractivity contribution in [3.63, 3.8) is 0 Å². The van der Waals surface area contributed by atoms with Gasteiger partial charge in [-0.3, -0.25) is 4.98 Å². The fourth-order valence-electron chi connectivity index (χ4n) is 5.23. The van der Waals surface area contributed by atoms with Crippen molar-refractivity contribution < 1.29 is 32.5 Å². The van der Waals surface area contributed by atoms with Crippen LogP contribution in [0.15, 0.2) is 24.3 Å². The molecule has 0 spiro atoms. The molecule has 2 aliphatic rings. The number of halogens is 4. The maximum atomic E-state index is 15.0. The van der Waals surface area contributed by atoms with Gasteiger partial charge >= 0.3 is 6.18 Å². The molecule has 0 radical (unpaired) electrons. The molecule has 4 nitrogen and oxygen atoms in total. The monoisotopic (exact) mass is 599 g/mol. The van der Waals surface area contributed by atoms with Crippen LogP contribution in [0.2, 0.25) is 0 Å². The van der Waals surface area contributed by atoms with Gasteiger partial charge in [-0.05, 0) is 60.1 Å². The molecule has 4 rings (SSSR count). The number of fused-ring (bicyclic) bond motifs is 1. The Morgan fingerprint density at radius 3 is 2.27 bits per heavy atom. The van der Waals surface area contributed by atoms with E-state index in [2.05, 4.69) is 40.3 Å². The first-order chi connectivity index (χ1) is 19.2. The van der Waals surface area contributed by atoms with Crippen molar-refractivity contribution in [1.29, 1.82) is 0 Å². The van der Waals surface area contributed by atoms with Crippen LogP contribution in [-0.2, 0) is 17.3 Å². The summed E-state index contributed by atoms with van der Waals surface area (Å²) in [6.45, 7) is 13.1.